The van der Waals surface area contributed by atoms with Crippen LogP contribution in [0.4, 0.5) is 0 Å². The molecule has 0 aromatic heterocycles. The molecule has 0 fully saturated rings. The van der Waals surface area contributed by atoms with E-state index in [9.17, 15) is 12.6 Å². The van der Waals surface area contributed by atoms with Crippen molar-refractivity contribution in [3.8, 4) is 0 Å². The zero-order valence-corrected chi connectivity index (χ0v) is 13.7. The molecular formula is C14H23NO3S2. The Kier molecular flexibility index (Phi) is 7.40. The topological polar surface area (TPSA) is 63.2 Å². The van der Waals surface area contributed by atoms with Crippen LogP contribution in [0.2, 0.25) is 0 Å². The highest BCUT2D eigenvalue weighted by Crippen LogP contribution is 2.14. The van der Waals surface area contributed by atoms with Crippen molar-refractivity contribution >= 4 is 20.6 Å². The van der Waals surface area contributed by atoms with Crippen molar-refractivity contribution < 1.29 is 12.6 Å². The van der Waals surface area contributed by atoms with Crippen molar-refractivity contribution in [1.82, 2.24) is 5.32 Å². The van der Waals surface area contributed by atoms with Gasteiger partial charge >= 0.3 is 0 Å². The van der Waals surface area contributed by atoms with Crippen LogP contribution in [0.1, 0.15) is 24.9 Å². The highest BCUT2D eigenvalue weighted by Gasteiger charge is 2.15. The summed E-state index contributed by atoms with van der Waals surface area (Å²) in [5, 5.41) is 3.37. The van der Waals surface area contributed by atoms with E-state index in [-0.39, 0.29) is 17.5 Å². The third kappa shape index (κ3) is 7.17. The molecule has 6 heteroatoms. The Bertz CT molecular complexity index is 514. The third-order valence-corrected chi connectivity index (χ3v) is 5.45. The Balaban J connectivity index is 2.63. The van der Waals surface area contributed by atoms with Gasteiger partial charge in [-0.15, -0.1) is 0 Å². The van der Waals surface area contributed by atoms with Gasteiger partial charge in [0.05, 0.1) is 5.75 Å². The molecule has 0 saturated heterocycles. The summed E-state index contributed by atoms with van der Waals surface area (Å²) in [6, 6.07) is 9.87. The molecule has 1 N–H and O–H groups in total. The summed E-state index contributed by atoms with van der Waals surface area (Å²) in [6.45, 7) is 2.93. The number of benzene rings is 1. The first-order chi connectivity index (χ1) is 9.42. The van der Waals surface area contributed by atoms with E-state index >= 15 is 0 Å². The zero-order valence-electron chi connectivity index (χ0n) is 12.0. The minimum atomic E-state index is -3.05. The van der Waals surface area contributed by atoms with E-state index in [4.69, 9.17) is 0 Å². The number of nitrogens with one attached hydrogen (secondary N) is 1. The fourth-order valence-corrected chi connectivity index (χ4v) is 4.59. The van der Waals surface area contributed by atoms with E-state index in [1.165, 1.54) is 6.26 Å². The molecule has 0 amide bonds. The second kappa shape index (κ2) is 8.54. The van der Waals surface area contributed by atoms with Gasteiger partial charge < -0.3 is 5.32 Å². The quantitative estimate of drug-likeness (QED) is 0.750. The predicted octanol–water partition coefficient (Wildman–Crippen LogP) is 1.52. The number of hydrogen-bond acceptors (Lipinski definition) is 4. The first kappa shape index (κ1) is 17.3. The average Bonchev–Trinajstić information content (AvgIpc) is 2.41. The van der Waals surface area contributed by atoms with Gasteiger partial charge in [-0.1, -0.05) is 37.3 Å². The molecule has 0 saturated carbocycles. The number of rotatable bonds is 9. The van der Waals surface area contributed by atoms with E-state index < -0.39 is 20.6 Å². The van der Waals surface area contributed by atoms with Gasteiger partial charge in [-0.25, -0.2) is 8.42 Å². The maximum atomic E-state index is 12.0. The summed E-state index contributed by atoms with van der Waals surface area (Å²) in [6.07, 6.45) is 2.17. The molecule has 4 nitrogen and oxygen atoms in total. The summed E-state index contributed by atoms with van der Waals surface area (Å²) >= 11 is 0. The van der Waals surface area contributed by atoms with Crippen LogP contribution in [0.3, 0.4) is 0 Å². The lowest BCUT2D eigenvalue weighted by molar-refractivity contribution is 0.569. The van der Waals surface area contributed by atoms with Gasteiger partial charge in [0.25, 0.3) is 0 Å². The fourth-order valence-electron chi connectivity index (χ4n) is 1.79. The molecule has 2 atom stereocenters. The normalized spacial score (nSPS) is 14.9. The molecule has 114 valence electrons. The Morgan fingerprint density at radius 3 is 2.45 bits per heavy atom. The van der Waals surface area contributed by atoms with E-state index in [1.807, 2.05) is 30.3 Å². The summed E-state index contributed by atoms with van der Waals surface area (Å²) in [4.78, 5) is 0. The maximum Gasteiger partial charge on any atom is 0.148 e. The lowest BCUT2D eigenvalue weighted by atomic mass is 10.1. The van der Waals surface area contributed by atoms with E-state index in [1.54, 1.807) is 0 Å². The largest absolute Gasteiger partial charge is 0.309 e. The van der Waals surface area contributed by atoms with Crippen molar-refractivity contribution in [2.75, 3.05) is 30.1 Å². The van der Waals surface area contributed by atoms with E-state index in [2.05, 4.69) is 12.2 Å². The molecule has 0 aliphatic heterocycles. The first-order valence-corrected chi connectivity index (χ1v) is 10.3. The van der Waals surface area contributed by atoms with Crippen LogP contribution in [-0.2, 0) is 20.6 Å². The van der Waals surface area contributed by atoms with Crippen molar-refractivity contribution in [1.29, 1.82) is 0 Å². The monoisotopic (exact) mass is 317 g/mol. The smallest absolute Gasteiger partial charge is 0.148 e. The van der Waals surface area contributed by atoms with Gasteiger partial charge in [0.2, 0.25) is 0 Å². The minimum Gasteiger partial charge on any atom is -0.309 e. The van der Waals surface area contributed by atoms with Crippen molar-refractivity contribution in [3.05, 3.63) is 35.9 Å². The molecule has 0 heterocycles. The maximum absolute atomic E-state index is 12.0. The molecule has 1 aromatic rings. The molecule has 0 aliphatic rings. The van der Waals surface area contributed by atoms with Gasteiger partial charge in [0.1, 0.15) is 9.84 Å². The van der Waals surface area contributed by atoms with Crippen LogP contribution in [0.25, 0.3) is 0 Å². The SMILES string of the molecule is CCCNC(CS(=O)CCS(C)(=O)=O)c1ccccc1. The van der Waals surface area contributed by atoms with E-state index in [0.29, 0.717) is 5.75 Å². The van der Waals surface area contributed by atoms with Crippen molar-refractivity contribution in [2.24, 2.45) is 0 Å². The molecule has 20 heavy (non-hydrogen) atoms. The van der Waals surface area contributed by atoms with Crippen LogP contribution in [0.15, 0.2) is 30.3 Å². The molecular weight excluding hydrogens is 294 g/mol. The Labute approximate surface area is 124 Å². The second-order valence-corrected chi connectivity index (χ2v) is 8.74. The van der Waals surface area contributed by atoms with Gasteiger partial charge in [-0.2, -0.15) is 0 Å². The lowest BCUT2D eigenvalue weighted by Gasteiger charge is -2.18. The lowest BCUT2D eigenvalue weighted by Crippen LogP contribution is -2.28. The molecule has 1 aromatic carbocycles. The van der Waals surface area contributed by atoms with Crippen LogP contribution in [0.5, 0.6) is 0 Å². The molecule has 1 rings (SSSR count). The molecule has 0 bridgehead atoms. The predicted molar refractivity (Wildman–Crippen MR) is 85.1 cm³/mol. The number of hydrogen-bond donors (Lipinski definition) is 1. The second-order valence-electron chi connectivity index (χ2n) is 4.86. The van der Waals surface area contributed by atoms with E-state index in [0.717, 1.165) is 18.5 Å². The third-order valence-electron chi connectivity index (χ3n) is 2.88. The van der Waals surface area contributed by atoms with Crippen LogP contribution < -0.4 is 5.32 Å². The van der Waals surface area contributed by atoms with Gasteiger partial charge in [0, 0.05) is 34.6 Å². The highest BCUT2D eigenvalue weighted by atomic mass is 32.2. The summed E-state index contributed by atoms with van der Waals surface area (Å²) in [5.74, 6) is 0.629. The molecule has 2 unspecified atom stereocenters. The van der Waals surface area contributed by atoms with Gasteiger partial charge in [-0.05, 0) is 18.5 Å². The van der Waals surface area contributed by atoms with Gasteiger partial charge in [0.15, 0.2) is 0 Å². The Hall–Kier alpha value is -0.720. The zero-order chi connectivity index (χ0) is 15.0. The minimum absolute atomic E-state index is 0.0107. The molecule has 0 radical (unpaired) electrons. The molecule has 0 aliphatic carbocycles. The fraction of sp³-hybridized carbons (Fsp3) is 0.571. The van der Waals surface area contributed by atoms with Crippen LogP contribution >= 0.6 is 0 Å². The number of sulfone groups is 1. The first-order valence-electron chi connectivity index (χ1n) is 6.73. The van der Waals surface area contributed by atoms with Crippen molar-refractivity contribution in [2.45, 2.75) is 19.4 Å². The molecule has 0 spiro atoms. The average molecular weight is 317 g/mol. The van der Waals surface area contributed by atoms with Crippen LogP contribution in [0, 0.1) is 0 Å². The Morgan fingerprint density at radius 1 is 1.25 bits per heavy atom. The highest BCUT2D eigenvalue weighted by molar-refractivity contribution is 7.92. The summed E-state index contributed by atoms with van der Waals surface area (Å²) in [5.41, 5.74) is 1.09. The summed E-state index contributed by atoms with van der Waals surface area (Å²) < 4.78 is 34.3. The van der Waals surface area contributed by atoms with Gasteiger partial charge in [-0.3, -0.25) is 4.21 Å². The standard InChI is InChI=1S/C14H23NO3S2/c1-3-9-15-14(13-7-5-4-6-8-13)12-19(16)10-11-20(2,17)18/h4-8,14-15H,3,9-12H2,1-2H3. The summed E-state index contributed by atoms with van der Waals surface area (Å²) in [7, 11) is -4.19. The van der Waals surface area contributed by atoms with Crippen molar-refractivity contribution in [3.63, 3.8) is 0 Å². The van der Waals surface area contributed by atoms with Crippen LogP contribution in [-0.4, -0.2) is 42.7 Å². The Morgan fingerprint density at radius 2 is 1.90 bits per heavy atom.